The maximum absolute atomic E-state index is 12.9. The van der Waals surface area contributed by atoms with E-state index < -0.39 is 5.91 Å². The van der Waals surface area contributed by atoms with Crippen LogP contribution in [0.4, 0.5) is 5.69 Å². The van der Waals surface area contributed by atoms with Crippen LogP contribution in [-0.2, 0) is 4.79 Å². The molecule has 4 rings (SSSR count). The first-order chi connectivity index (χ1) is 13.8. The van der Waals surface area contributed by atoms with E-state index in [4.69, 9.17) is 23.2 Å². The number of nitrogens with one attached hydrogen (secondary N) is 1. The van der Waals surface area contributed by atoms with E-state index in [1.165, 1.54) is 28.1 Å². The fourth-order valence-corrected chi connectivity index (χ4v) is 5.73. The van der Waals surface area contributed by atoms with Crippen LogP contribution in [0.25, 0.3) is 10.1 Å². The molecule has 2 aromatic carbocycles. The summed E-state index contributed by atoms with van der Waals surface area (Å²) in [5, 5.41) is 2.73. The molecular weight excluding hydrogens is 449 g/mol. The molecular formula is C20H17Cl2N3O2S2. The van der Waals surface area contributed by atoms with Gasteiger partial charge in [0.15, 0.2) is 0 Å². The first kappa shape index (κ1) is 20.3. The molecule has 2 heterocycles. The molecule has 9 heteroatoms. The lowest BCUT2D eigenvalue weighted by atomic mass is 10.2. The normalized spacial score (nSPS) is 16.5. The third kappa shape index (κ3) is 3.92. The van der Waals surface area contributed by atoms with E-state index >= 15 is 0 Å². The quantitative estimate of drug-likeness (QED) is 0.575. The number of carbonyl (C=O) groups is 2. The maximum Gasteiger partial charge on any atom is 0.281 e. The minimum absolute atomic E-state index is 0.148. The topological polar surface area (TPSA) is 52.7 Å². The highest BCUT2D eigenvalue weighted by molar-refractivity contribution is 8.00. The zero-order valence-electron chi connectivity index (χ0n) is 15.6. The number of halogens is 2. The van der Waals surface area contributed by atoms with Crippen molar-refractivity contribution in [3.63, 3.8) is 0 Å². The predicted molar refractivity (Wildman–Crippen MR) is 122 cm³/mol. The number of hydrogen-bond donors (Lipinski definition) is 1. The molecule has 2 amide bonds. The van der Waals surface area contributed by atoms with Crippen molar-refractivity contribution in [2.75, 3.05) is 24.7 Å². The Morgan fingerprint density at radius 3 is 2.59 bits per heavy atom. The van der Waals surface area contributed by atoms with E-state index in [1.54, 1.807) is 12.1 Å². The molecule has 1 atom stereocenters. The number of amides is 2. The van der Waals surface area contributed by atoms with Crippen LogP contribution >= 0.6 is 46.3 Å². The second kappa shape index (κ2) is 8.07. The molecule has 3 aromatic rings. The third-order valence-electron chi connectivity index (χ3n) is 4.58. The van der Waals surface area contributed by atoms with Gasteiger partial charge in [-0.3, -0.25) is 15.0 Å². The highest BCUT2D eigenvalue weighted by atomic mass is 35.5. The number of carbonyl (C=O) groups excluding carboxylic acids is 2. The molecule has 150 valence electrons. The van der Waals surface area contributed by atoms with Crippen molar-refractivity contribution in [3.8, 4) is 0 Å². The molecule has 0 spiro atoms. The number of hydrogen-bond acceptors (Lipinski definition) is 5. The number of hydrazine groups is 1. The zero-order valence-corrected chi connectivity index (χ0v) is 18.8. The van der Waals surface area contributed by atoms with Gasteiger partial charge in [-0.2, -0.15) is 0 Å². The van der Waals surface area contributed by atoms with Crippen molar-refractivity contribution >= 4 is 73.9 Å². The molecule has 0 aliphatic carbocycles. The van der Waals surface area contributed by atoms with Crippen molar-refractivity contribution in [2.24, 2.45) is 0 Å². The van der Waals surface area contributed by atoms with Gasteiger partial charge in [-0.1, -0.05) is 35.3 Å². The van der Waals surface area contributed by atoms with Crippen LogP contribution in [0.3, 0.4) is 0 Å². The molecule has 0 saturated carbocycles. The highest BCUT2D eigenvalue weighted by Crippen LogP contribution is 2.39. The van der Waals surface area contributed by atoms with Gasteiger partial charge in [0.2, 0.25) is 0 Å². The number of benzene rings is 2. The number of fused-ring (bicyclic) bond motifs is 1. The molecule has 1 aromatic heterocycles. The van der Waals surface area contributed by atoms with E-state index in [9.17, 15) is 9.59 Å². The predicted octanol–water partition coefficient (Wildman–Crippen LogP) is 5.19. The third-order valence-corrected chi connectivity index (χ3v) is 7.70. The summed E-state index contributed by atoms with van der Waals surface area (Å²) < 4.78 is 0.863. The highest BCUT2D eigenvalue weighted by Gasteiger charge is 2.35. The number of nitrogens with zero attached hydrogens (tertiary/aromatic N) is 2. The fraction of sp³-hybridized carbons (Fsp3) is 0.200. The lowest BCUT2D eigenvalue weighted by Crippen LogP contribution is -2.44. The Labute approximate surface area is 186 Å². The van der Waals surface area contributed by atoms with Crippen molar-refractivity contribution in [2.45, 2.75) is 5.37 Å². The molecule has 29 heavy (non-hydrogen) atoms. The first-order valence-corrected chi connectivity index (χ1v) is 11.4. The Hall–Kier alpha value is -1.93. The van der Waals surface area contributed by atoms with Gasteiger partial charge < -0.3 is 4.90 Å². The summed E-state index contributed by atoms with van der Waals surface area (Å²) >= 11 is 15.2. The van der Waals surface area contributed by atoms with Crippen LogP contribution in [0.2, 0.25) is 10.0 Å². The van der Waals surface area contributed by atoms with Crippen molar-refractivity contribution in [1.29, 1.82) is 0 Å². The average Bonchev–Trinajstić information content (AvgIpc) is 3.22. The largest absolute Gasteiger partial charge is 0.378 e. The van der Waals surface area contributed by atoms with Gasteiger partial charge in [0.1, 0.15) is 10.3 Å². The smallest absolute Gasteiger partial charge is 0.281 e. The molecule has 1 fully saturated rings. The minimum atomic E-state index is -0.405. The first-order valence-electron chi connectivity index (χ1n) is 8.74. The van der Waals surface area contributed by atoms with Crippen LogP contribution in [-0.4, -0.2) is 36.7 Å². The number of thiophene rings is 1. The van der Waals surface area contributed by atoms with Crippen molar-refractivity contribution < 1.29 is 9.59 Å². The van der Waals surface area contributed by atoms with E-state index in [-0.39, 0.29) is 11.3 Å². The summed E-state index contributed by atoms with van der Waals surface area (Å²) in [6, 6.07) is 13.2. The fourth-order valence-electron chi connectivity index (χ4n) is 3.07. The monoisotopic (exact) mass is 465 g/mol. The Bertz CT molecular complexity index is 1100. The van der Waals surface area contributed by atoms with Gasteiger partial charge in [0, 0.05) is 34.9 Å². The second-order valence-corrected chi connectivity index (χ2v) is 9.67. The van der Waals surface area contributed by atoms with Crippen molar-refractivity contribution in [3.05, 3.63) is 63.0 Å². The van der Waals surface area contributed by atoms with Gasteiger partial charge in [-0.25, -0.2) is 5.01 Å². The van der Waals surface area contributed by atoms with Gasteiger partial charge >= 0.3 is 0 Å². The van der Waals surface area contributed by atoms with Gasteiger partial charge in [-0.05, 0) is 35.9 Å². The number of anilines is 1. The van der Waals surface area contributed by atoms with E-state index in [0.29, 0.717) is 20.7 Å². The summed E-state index contributed by atoms with van der Waals surface area (Å²) in [7, 11) is 3.94. The standard InChI is InChI=1S/C20H17Cl2N3O2S2/c1-24(2)13-6-3-11(4-7-13)20-25(16(26)10-28-20)23-19(27)18-17(22)14-9-12(21)5-8-15(14)29-18/h3-9,20H,10H2,1-2H3,(H,23,27). The molecule has 1 unspecified atom stereocenters. The molecule has 0 radical (unpaired) electrons. The molecule has 1 N–H and O–H groups in total. The van der Waals surface area contributed by atoms with Crippen LogP contribution in [0.5, 0.6) is 0 Å². The average molecular weight is 466 g/mol. The summed E-state index contributed by atoms with van der Waals surface area (Å²) in [5.41, 5.74) is 4.76. The summed E-state index contributed by atoms with van der Waals surface area (Å²) in [4.78, 5) is 27.7. The lowest BCUT2D eigenvalue weighted by molar-refractivity contribution is -0.130. The van der Waals surface area contributed by atoms with Gasteiger partial charge in [0.05, 0.1) is 10.8 Å². The lowest BCUT2D eigenvalue weighted by Gasteiger charge is -2.25. The minimum Gasteiger partial charge on any atom is -0.378 e. The Kier molecular flexibility index (Phi) is 5.66. The number of rotatable bonds is 4. The second-order valence-electron chi connectivity index (χ2n) is 6.74. The molecule has 1 aliphatic rings. The molecule has 1 aliphatic heterocycles. The van der Waals surface area contributed by atoms with E-state index in [0.717, 1.165) is 21.3 Å². The van der Waals surface area contributed by atoms with Crippen LogP contribution < -0.4 is 10.3 Å². The summed E-state index contributed by atoms with van der Waals surface area (Å²) in [5.74, 6) is -0.251. The van der Waals surface area contributed by atoms with Crippen molar-refractivity contribution in [1.82, 2.24) is 10.4 Å². The zero-order chi connectivity index (χ0) is 20.7. The molecule has 0 bridgehead atoms. The van der Waals surface area contributed by atoms with Gasteiger partial charge in [-0.15, -0.1) is 23.1 Å². The van der Waals surface area contributed by atoms with Crippen LogP contribution in [0.15, 0.2) is 42.5 Å². The van der Waals surface area contributed by atoms with E-state index in [2.05, 4.69) is 5.43 Å². The Morgan fingerprint density at radius 1 is 1.17 bits per heavy atom. The van der Waals surface area contributed by atoms with Crippen LogP contribution in [0.1, 0.15) is 20.6 Å². The molecule has 1 saturated heterocycles. The Morgan fingerprint density at radius 2 is 1.90 bits per heavy atom. The van der Waals surface area contributed by atoms with E-state index in [1.807, 2.05) is 49.3 Å². The summed E-state index contributed by atoms with van der Waals surface area (Å²) in [6.07, 6.45) is 0. The van der Waals surface area contributed by atoms with Gasteiger partial charge in [0.25, 0.3) is 11.8 Å². The number of thioether (sulfide) groups is 1. The Balaban J connectivity index is 1.59. The van der Waals surface area contributed by atoms with Crippen LogP contribution in [0, 0.1) is 0 Å². The SMILES string of the molecule is CN(C)c1ccc(C2SCC(=O)N2NC(=O)c2sc3ccc(Cl)cc3c2Cl)cc1. The summed E-state index contributed by atoms with van der Waals surface area (Å²) in [6.45, 7) is 0. The molecule has 5 nitrogen and oxygen atoms in total. The maximum atomic E-state index is 12.9.